The number of carbonyl (C=O) groups is 2. The van der Waals surface area contributed by atoms with E-state index in [0.29, 0.717) is 18.7 Å². The summed E-state index contributed by atoms with van der Waals surface area (Å²) in [7, 11) is 0. The minimum Gasteiger partial charge on any atom is -0.457 e. The normalized spacial score (nSPS) is 19.2. The van der Waals surface area contributed by atoms with Crippen LogP contribution in [0, 0.1) is 0 Å². The Bertz CT molecular complexity index is 788. The van der Waals surface area contributed by atoms with Crippen molar-refractivity contribution in [2.24, 2.45) is 0 Å². The van der Waals surface area contributed by atoms with E-state index in [2.05, 4.69) is 5.32 Å². The lowest BCUT2D eigenvalue weighted by atomic mass is 10.2. The number of amides is 3. The molecule has 0 unspecified atom stereocenters. The first-order valence-corrected chi connectivity index (χ1v) is 8.88. The molecule has 4 rings (SSSR count). The van der Waals surface area contributed by atoms with Crippen LogP contribution >= 0.6 is 0 Å². The molecule has 2 aliphatic rings. The summed E-state index contributed by atoms with van der Waals surface area (Å²) in [4.78, 5) is 27.8. The Labute approximate surface area is 152 Å². The number of hydrogen-bond donors (Lipinski definition) is 1. The average Bonchev–Trinajstić information content (AvgIpc) is 2.95. The predicted octanol–water partition coefficient (Wildman–Crippen LogP) is 3.00. The molecule has 0 bridgehead atoms. The number of rotatable bonds is 4. The minimum absolute atomic E-state index is 0.0237. The second-order valence-corrected chi connectivity index (χ2v) is 6.60. The van der Waals surface area contributed by atoms with E-state index in [9.17, 15) is 9.59 Å². The van der Waals surface area contributed by atoms with Gasteiger partial charge in [-0.05, 0) is 42.8 Å². The Morgan fingerprint density at radius 3 is 2.35 bits per heavy atom. The largest absolute Gasteiger partial charge is 0.457 e. The number of urea groups is 1. The van der Waals surface area contributed by atoms with Crippen molar-refractivity contribution in [3.05, 3.63) is 54.6 Å². The van der Waals surface area contributed by atoms with Gasteiger partial charge in [0.25, 0.3) is 0 Å². The third-order valence-corrected chi connectivity index (χ3v) is 4.72. The first-order chi connectivity index (χ1) is 12.7. The van der Waals surface area contributed by atoms with Gasteiger partial charge in [-0.3, -0.25) is 4.79 Å². The molecule has 2 fully saturated rings. The van der Waals surface area contributed by atoms with Gasteiger partial charge in [0.15, 0.2) is 0 Å². The van der Waals surface area contributed by atoms with Crippen LogP contribution in [0.2, 0.25) is 0 Å². The highest BCUT2D eigenvalue weighted by Crippen LogP contribution is 2.27. The summed E-state index contributed by atoms with van der Waals surface area (Å²) in [5.74, 6) is 1.51. The summed E-state index contributed by atoms with van der Waals surface area (Å²) in [6.07, 6.45) is 1.39. The van der Waals surface area contributed by atoms with Crippen molar-refractivity contribution >= 4 is 17.6 Å². The first-order valence-electron chi connectivity index (χ1n) is 8.88. The van der Waals surface area contributed by atoms with Crippen LogP contribution in [0.5, 0.6) is 11.5 Å². The molecule has 0 aliphatic carbocycles. The number of anilines is 1. The van der Waals surface area contributed by atoms with Crippen LogP contribution in [-0.4, -0.2) is 42.5 Å². The zero-order valence-electron chi connectivity index (χ0n) is 14.4. The van der Waals surface area contributed by atoms with E-state index in [0.717, 1.165) is 30.9 Å². The van der Waals surface area contributed by atoms with Gasteiger partial charge in [0.05, 0.1) is 6.04 Å². The highest BCUT2D eigenvalue weighted by atomic mass is 16.5. The lowest BCUT2D eigenvalue weighted by Gasteiger charge is -2.31. The molecule has 6 nitrogen and oxygen atoms in total. The third-order valence-electron chi connectivity index (χ3n) is 4.72. The highest BCUT2D eigenvalue weighted by Gasteiger charge is 2.33. The number of carbonyl (C=O) groups excluding carboxylic acids is 2. The Morgan fingerprint density at radius 2 is 1.69 bits per heavy atom. The summed E-state index contributed by atoms with van der Waals surface area (Å²) >= 11 is 0. The molecule has 2 aromatic carbocycles. The summed E-state index contributed by atoms with van der Waals surface area (Å²) in [5, 5.41) is 2.95. The van der Waals surface area contributed by atoms with Gasteiger partial charge < -0.3 is 19.9 Å². The number of hydrogen-bond acceptors (Lipinski definition) is 3. The second-order valence-electron chi connectivity index (χ2n) is 6.60. The van der Waals surface area contributed by atoms with Crippen molar-refractivity contribution < 1.29 is 14.3 Å². The Morgan fingerprint density at radius 1 is 1.00 bits per heavy atom. The lowest BCUT2D eigenvalue weighted by Crippen LogP contribution is -2.51. The van der Waals surface area contributed by atoms with E-state index in [1.54, 1.807) is 9.80 Å². The van der Waals surface area contributed by atoms with Crippen LogP contribution in [0.25, 0.3) is 0 Å². The standard InChI is InChI=1S/C20H21N3O3/c24-19-13-15(21-20(25)22-11-4-12-22)14-23(19)16-7-9-18(10-8-16)26-17-5-2-1-3-6-17/h1-3,5-10,15H,4,11-14H2,(H,21,25)/t15-/m0/s1. The van der Waals surface area contributed by atoms with Crippen molar-refractivity contribution in [1.82, 2.24) is 10.2 Å². The zero-order chi connectivity index (χ0) is 17.9. The number of nitrogens with zero attached hydrogens (tertiary/aromatic N) is 2. The van der Waals surface area contributed by atoms with Crippen LogP contribution < -0.4 is 15.0 Å². The topological polar surface area (TPSA) is 61.9 Å². The Kier molecular flexibility index (Phi) is 4.48. The van der Waals surface area contributed by atoms with Gasteiger partial charge in [-0.1, -0.05) is 18.2 Å². The highest BCUT2D eigenvalue weighted by molar-refractivity contribution is 5.96. The van der Waals surface area contributed by atoms with Gasteiger partial charge in [-0.2, -0.15) is 0 Å². The smallest absolute Gasteiger partial charge is 0.317 e. The number of nitrogens with one attached hydrogen (secondary N) is 1. The third kappa shape index (κ3) is 3.49. The molecule has 1 atom stereocenters. The summed E-state index contributed by atoms with van der Waals surface area (Å²) in [6, 6.07) is 16.8. The molecular weight excluding hydrogens is 330 g/mol. The van der Waals surface area contributed by atoms with Crippen LogP contribution in [0.1, 0.15) is 12.8 Å². The molecule has 0 radical (unpaired) electrons. The fourth-order valence-corrected chi connectivity index (χ4v) is 3.16. The van der Waals surface area contributed by atoms with E-state index in [1.807, 2.05) is 54.6 Å². The molecular formula is C20H21N3O3. The molecule has 26 heavy (non-hydrogen) atoms. The van der Waals surface area contributed by atoms with E-state index < -0.39 is 0 Å². The Hall–Kier alpha value is -3.02. The van der Waals surface area contributed by atoms with Crippen molar-refractivity contribution in [2.45, 2.75) is 18.9 Å². The van der Waals surface area contributed by atoms with Crippen LogP contribution in [0.4, 0.5) is 10.5 Å². The fraction of sp³-hybridized carbons (Fsp3) is 0.300. The van der Waals surface area contributed by atoms with E-state index in [1.165, 1.54) is 0 Å². The average molecular weight is 351 g/mol. The van der Waals surface area contributed by atoms with Crippen molar-refractivity contribution in [3.63, 3.8) is 0 Å². The molecule has 3 amide bonds. The van der Waals surface area contributed by atoms with Gasteiger partial charge >= 0.3 is 6.03 Å². The van der Waals surface area contributed by atoms with E-state index in [4.69, 9.17) is 4.74 Å². The van der Waals surface area contributed by atoms with Gasteiger partial charge in [-0.25, -0.2) is 4.79 Å². The molecule has 0 spiro atoms. The molecule has 6 heteroatoms. The van der Waals surface area contributed by atoms with Crippen molar-refractivity contribution in [2.75, 3.05) is 24.5 Å². The monoisotopic (exact) mass is 351 g/mol. The fourth-order valence-electron chi connectivity index (χ4n) is 3.16. The number of benzene rings is 2. The van der Waals surface area contributed by atoms with Gasteiger partial charge in [0.2, 0.25) is 5.91 Å². The van der Waals surface area contributed by atoms with Crippen molar-refractivity contribution in [3.8, 4) is 11.5 Å². The Balaban J connectivity index is 1.37. The molecule has 1 N–H and O–H groups in total. The van der Waals surface area contributed by atoms with Gasteiger partial charge in [-0.15, -0.1) is 0 Å². The zero-order valence-corrected chi connectivity index (χ0v) is 14.4. The predicted molar refractivity (Wildman–Crippen MR) is 98.4 cm³/mol. The maximum Gasteiger partial charge on any atom is 0.317 e. The molecule has 2 heterocycles. The van der Waals surface area contributed by atoms with Gasteiger partial charge in [0, 0.05) is 31.7 Å². The van der Waals surface area contributed by atoms with Crippen LogP contribution in [0.3, 0.4) is 0 Å². The number of para-hydroxylation sites is 1. The maximum atomic E-state index is 12.3. The summed E-state index contributed by atoms with van der Waals surface area (Å²) in [6.45, 7) is 2.11. The molecule has 0 aromatic heterocycles. The molecule has 134 valence electrons. The van der Waals surface area contributed by atoms with E-state index >= 15 is 0 Å². The molecule has 2 aliphatic heterocycles. The van der Waals surface area contributed by atoms with Crippen LogP contribution in [0.15, 0.2) is 54.6 Å². The minimum atomic E-state index is -0.143. The quantitative estimate of drug-likeness (QED) is 0.921. The lowest BCUT2D eigenvalue weighted by molar-refractivity contribution is -0.117. The summed E-state index contributed by atoms with van der Waals surface area (Å²) < 4.78 is 5.78. The SMILES string of the molecule is O=C(N[C@H]1CC(=O)N(c2ccc(Oc3ccccc3)cc2)C1)N1CCC1. The van der Waals surface area contributed by atoms with E-state index in [-0.39, 0.29) is 18.0 Å². The maximum absolute atomic E-state index is 12.3. The number of likely N-dealkylation sites (tertiary alicyclic amines) is 1. The molecule has 2 aromatic rings. The summed E-state index contributed by atoms with van der Waals surface area (Å²) in [5.41, 5.74) is 0.816. The van der Waals surface area contributed by atoms with Crippen LogP contribution in [-0.2, 0) is 4.79 Å². The molecule has 2 saturated heterocycles. The number of ether oxygens (including phenoxy) is 1. The molecule has 0 saturated carbocycles. The first kappa shape index (κ1) is 16.4. The van der Waals surface area contributed by atoms with Gasteiger partial charge in [0.1, 0.15) is 11.5 Å². The second kappa shape index (κ2) is 7.07. The van der Waals surface area contributed by atoms with Crippen molar-refractivity contribution in [1.29, 1.82) is 0 Å².